The number of benzene rings is 5. The minimum absolute atomic E-state index is 0.261. The Bertz CT molecular complexity index is 2130. The first kappa shape index (κ1) is 56.0. The van der Waals surface area contributed by atoms with Crippen LogP contribution in [-0.2, 0) is 90.0 Å². The first-order valence-corrected chi connectivity index (χ1v) is 33.0. The molecule has 0 bridgehead atoms. The Morgan fingerprint density at radius 3 is 1.03 bits per heavy atom. The van der Waals surface area contributed by atoms with Gasteiger partial charge in [-0.25, -0.2) is 0 Å². The summed E-state index contributed by atoms with van der Waals surface area (Å²) in [6.07, 6.45) is 1.14. The standard InChI is InChI=1S/C14H21OS.2C12H17OS.C11H15OS.C10H13OS/c1-14(2,3)12-4-6-13(7-5-12)16-10-8-15-9-11-16;1-10-3-4-12(9-11(10)2)14-7-5-13-6-8-14;1-2-11-3-5-12(6-4-11)14-9-7-13-8-10-14;1-10-2-4-11(5-3-10)13-8-6-12-7-9-13;1-2-4-10(5-3-1)12-8-6-11-7-9-12/h4-7H,8-11H2,1-3H3;3-4,9H,5-8H2,1-2H3;3-6H,2,7-10H2,1H3;2-5H,6-9H2,1H3;1-5H,6-9H2/q5*+1. The fourth-order valence-electron chi connectivity index (χ4n) is 8.10. The molecule has 0 N–H and O–H groups in total. The molecule has 5 aliphatic rings. The number of hydrogen-bond donors (Lipinski definition) is 0. The highest BCUT2D eigenvalue weighted by Gasteiger charge is 2.29. The van der Waals surface area contributed by atoms with Gasteiger partial charge in [0.2, 0.25) is 0 Å². The van der Waals surface area contributed by atoms with Gasteiger partial charge in [0.25, 0.3) is 0 Å². The normalized spacial score (nSPS) is 18.7. The average Bonchev–Trinajstić information content (AvgIpc) is 3.42. The van der Waals surface area contributed by atoms with Gasteiger partial charge >= 0.3 is 0 Å². The lowest BCUT2D eigenvalue weighted by molar-refractivity contribution is 0.159. The molecule has 0 unspecified atom stereocenters. The van der Waals surface area contributed by atoms with Gasteiger partial charge in [0.1, 0.15) is 57.5 Å². The molecule has 5 heterocycles. The van der Waals surface area contributed by atoms with Crippen LogP contribution < -0.4 is 0 Å². The largest absolute Gasteiger partial charge is 0.372 e. The molecule has 0 aromatic heterocycles. The second-order valence-corrected chi connectivity index (χ2v) is 30.1. The zero-order valence-electron chi connectivity index (χ0n) is 43.0. The summed E-state index contributed by atoms with van der Waals surface area (Å²) < 4.78 is 26.8. The topological polar surface area (TPSA) is 46.2 Å². The molecule has 10 rings (SSSR count). The molecule has 0 radical (unpaired) electrons. The van der Waals surface area contributed by atoms with Gasteiger partial charge < -0.3 is 23.7 Å². The van der Waals surface area contributed by atoms with Gasteiger partial charge in [0, 0.05) is 54.5 Å². The summed E-state index contributed by atoms with van der Waals surface area (Å²) in [5.41, 5.74) is 7.28. The third kappa shape index (κ3) is 19.5. The van der Waals surface area contributed by atoms with Crippen LogP contribution in [0.1, 0.15) is 55.5 Å². The Labute approximate surface area is 432 Å². The van der Waals surface area contributed by atoms with Crippen LogP contribution >= 0.6 is 0 Å². The first-order chi connectivity index (χ1) is 33.6. The zero-order chi connectivity index (χ0) is 48.7. The van der Waals surface area contributed by atoms with Crippen LogP contribution in [0.25, 0.3) is 0 Å². The molecule has 0 saturated carbocycles. The maximum absolute atomic E-state index is 5.41. The van der Waals surface area contributed by atoms with Crippen molar-refractivity contribution in [2.75, 3.05) is 124 Å². The van der Waals surface area contributed by atoms with Crippen LogP contribution in [-0.4, -0.2) is 124 Å². The van der Waals surface area contributed by atoms with Crippen LogP contribution in [0.15, 0.2) is 146 Å². The lowest BCUT2D eigenvalue weighted by Gasteiger charge is -2.19. The summed E-state index contributed by atoms with van der Waals surface area (Å²) >= 11 is 0. The van der Waals surface area contributed by atoms with Crippen LogP contribution in [0, 0.1) is 20.8 Å². The van der Waals surface area contributed by atoms with E-state index in [0.29, 0.717) is 54.5 Å². The quantitative estimate of drug-likeness (QED) is 0.159. The summed E-state index contributed by atoms with van der Waals surface area (Å²) in [5, 5.41) is 0. The summed E-state index contributed by atoms with van der Waals surface area (Å²) in [5.74, 6) is 12.1. The molecule has 0 aliphatic carbocycles. The van der Waals surface area contributed by atoms with Crippen molar-refractivity contribution in [3.05, 3.63) is 149 Å². The van der Waals surface area contributed by atoms with E-state index in [1.54, 1.807) is 0 Å². The first-order valence-electron chi connectivity index (χ1n) is 25.2. The Morgan fingerprint density at radius 2 is 0.681 bits per heavy atom. The van der Waals surface area contributed by atoms with Crippen LogP contribution in [0.5, 0.6) is 0 Å². The van der Waals surface area contributed by atoms with E-state index in [1.165, 1.54) is 110 Å². The molecule has 69 heavy (non-hydrogen) atoms. The Hall–Kier alpha value is -2.35. The van der Waals surface area contributed by atoms with E-state index >= 15 is 0 Å². The molecule has 5 saturated heterocycles. The average molecular weight is 1030 g/mol. The Morgan fingerprint density at radius 1 is 0.362 bits per heavy atom. The molecule has 374 valence electrons. The monoisotopic (exact) mass is 1030 g/mol. The van der Waals surface area contributed by atoms with E-state index in [2.05, 4.69) is 170 Å². The molecule has 5 nitrogen and oxygen atoms in total. The van der Waals surface area contributed by atoms with Crippen molar-refractivity contribution in [1.29, 1.82) is 0 Å². The molecule has 10 heteroatoms. The lowest BCUT2D eigenvalue weighted by Crippen LogP contribution is -2.26. The molecule has 0 spiro atoms. The van der Waals surface area contributed by atoms with Gasteiger partial charge in [-0.2, -0.15) is 0 Å². The molecule has 5 aromatic carbocycles. The van der Waals surface area contributed by atoms with Crippen molar-refractivity contribution in [2.24, 2.45) is 0 Å². The number of ether oxygens (including phenoxy) is 5. The van der Waals surface area contributed by atoms with Crippen molar-refractivity contribution in [3.63, 3.8) is 0 Å². The van der Waals surface area contributed by atoms with Crippen molar-refractivity contribution >= 4 is 54.5 Å². The third-order valence-electron chi connectivity index (χ3n) is 12.7. The number of rotatable bonds is 6. The number of aryl methyl sites for hydroxylation is 4. The maximum Gasteiger partial charge on any atom is 0.155 e. The van der Waals surface area contributed by atoms with Crippen molar-refractivity contribution in [2.45, 2.75) is 84.8 Å². The summed E-state index contributed by atoms with van der Waals surface area (Å²) in [6, 6.07) is 44.9. The second kappa shape index (κ2) is 30.6. The fraction of sp³-hybridized carbons (Fsp3) is 0.492. The second-order valence-electron chi connectivity index (χ2n) is 18.7. The Kier molecular flexibility index (Phi) is 24.8. The molecular weight excluding hydrogens is 949 g/mol. The molecule has 5 aliphatic heterocycles. The smallest absolute Gasteiger partial charge is 0.155 e. The lowest BCUT2D eigenvalue weighted by atomic mass is 9.87. The predicted molar refractivity (Wildman–Crippen MR) is 305 cm³/mol. The van der Waals surface area contributed by atoms with E-state index in [0.717, 1.165) is 72.5 Å². The SMILES string of the molecule is CC(C)(C)c1ccc([S+]2CCOCC2)cc1.CCc1ccc([S+]2CCOCC2)cc1.Cc1ccc([S+]2CCOCC2)cc1.Cc1ccc([S+]2CCOCC2)cc1C.c1ccc([S+]2CCOCC2)cc1. The maximum atomic E-state index is 5.41. The van der Waals surface area contributed by atoms with E-state index in [1.807, 2.05) is 0 Å². The van der Waals surface area contributed by atoms with Crippen LogP contribution in [0.3, 0.4) is 0 Å². The summed E-state index contributed by atoms with van der Waals surface area (Å²) in [7, 11) is 2.26. The van der Waals surface area contributed by atoms with E-state index < -0.39 is 0 Å². The Balaban J connectivity index is 0.000000142. The molecule has 0 amide bonds. The highest BCUT2D eigenvalue weighted by Crippen LogP contribution is 2.26. The van der Waals surface area contributed by atoms with Gasteiger partial charge in [0.15, 0.2) is 24.5 Å². The summed E-state index contributed by atoms with van der Waals surface area (Å²) in [4.78, 5) is 7.56. The minimum Gasteiger partial charge on any atom is -0.372 e. The van der Waals surface area contributed by atoms with Crippen molar-refractivity contribution in [3.8, 4) is 0 Å². The van der Waals surface area contributed by atoms with Crippen molar-refractivity contribution in [1.82, 2.24) is 0 Å². The van der Waals surface area contributed by atoms with Gasteiger partial charge in [-0.05, 0) is 116 Å². The third-order valence-corrected chi connectivity index (χ3v) is 24.0. The van der Waals surface area contributed by atoms with Crippen molar-refractivity contribution < 1.29 is 23.7 Å². The van der Waals surface area contributed by atoms with E-state index in [-0.39, 0.29) is 5.41 Å². The van der Waals surface area contributed by atoms with Gasteiger partial charge in [-0.15, -0.1) is 0 Å². The molecule has 5 aromatic rings. The van der Waals surface area contributed by atoms with Crippen LogP contribution in [0.2, 0.25) is 0 Å². The van der Waals surface area contributed by atoms with Gasteiger partial charge in [-0.3, -0.25) is 0 Å². The molecular formula is C59H83O5S5+5. The van der Waals surface area contributed by atoms with Crippen LogP contribution in [0.4, 0.5) is 0 Å². The fourth-order valence-corrected chi connectivity index (χ4v) is 17.4. The zero-order valence-corrected chi connectivity index (χ0v) is 47.1. The molecule has 0 atom stereocenters. The minimum atomic E-state index is 0.261. The highest BCUT2D eigenvalue weighted by molar-refractivity contribution is 7.98. The van der Waals surface area contributed by atoms with E-state index in [4.69, 9.17) is 23.7 Å². The van der Waals surface area contributed by atoms with Gasteiger partial charge in [0.05, 0.1) is 66.1 Å². The number of hydrogen-bond acceptors (Lipinski definition) is 5. The van der Waals surface area contributed by atoms with E-state index in [9.17, 15) is 0 Å². The van der Waals surface area contributed by atoms with Gasteiger partial charge in [-0.1, -0.05) is 93.9 Å². The predicted octanol–water partition coefficient (Wildman–Crippen LogP) is 11.3. The molecule has 5 fully saturated rings. The summed E-state index contributed by atoms with van der Waals surface area (Å²) in [6.45, 7) is 24.9. The highest BCUT2D eigenvalue weighted by atomic mass is 32.2.